The second-order valence-corrected chi connectivity index (χ2v) is 6.67. The fourth-order valence-electron chi connectivity index (χ4n) is 3.02. The molecule has 2 N–H and O–H groups in total. The largest absolute Gasteiger partial charge is 0.322 e. The molecule has 3 aromatic rings. The summed E-state index contributed by atoms with van der Waals surface area (Å²) in [5, 5.41) is 22.6. The molecule has 128 valence electrons. The van der Waals surface area contributed by atoms with Crippen molar-refractivity contribution in [1.29, 1.82) is 0 Å². The van der Waals surface area contributed by atoms with E-state index in [1.165, 1.54) is 0 Å². The molecule has 25 heavy (non-hydrogen) atoms. The lowest BCUT2D eigenvalue weighted by Gasteiger charge is -2.30. The number of aromatic nitrogens is 6. The molecule has 0 radical (unpaired) electrons. The van der Waals surface area contributed by atoms with Crippen LogP contribution in [0.2, 0.25) is 0 Å². The van der Waals surface area contributed by atoms with Gasteiger partial charge in [-0.25, -0.2) is 4.68 Å². The van der Waals surface area contributed by atoms with Gasteiger partial charge >= 0.3 is 0 Å². The Hall–Kier alpha value is -2.75. The summed E-state index contributed by atoms with van der Waals surface area (Å²) in [5.74, 6) is 0.433. The SMILES string of the molecule is CC1=C(C(=O)Nc2ccc3n[nH]c(Br)c3c2)C(C)n2nnnc2N1C. The zero-order valence-electron chi connectivity index (χ0n) is 13.8. The van der Waals surface area contributed by atoms with Crippen LogP contribution in [0.5, 0.6) is 0 Å². The van der Waals surface area contributed by atoms with Crippen LogP contribution in [0.1, 0.15) is 19.9 Å². The average molecular weight is 403 g/mol. The van der Waals surface area contributed by atoms with Crippen molar-refractivity contribution >= 4 is 44.4 Å². The first kappa shape index (κ1) is 15.8. The highest BCUT2D eigenvalue weighted by atomic mass is 79.9. The summed E-state index contributed by atoms with van der Waals surface area (Å²) in [6.07, 6.45) is 0. The predicted octanol–water partition coefficient (Wildman–Crippen LogP) is 2.24. The molecule has 1 atom stereocenters. The summed E-state index contributed by atoms with van der Waals surface area (Å²) < 4.78 is 2.41. The van der Waals surface area contributed by atoms with Crippen molar-refractivity contribution in [3.8, 4) is 0 Å². The van der Waals surface area contributed by atoms with Gasteiger partial charge in [-0.05, 0) is 58.4 Å². The minimum absolute atomic E-state index is 0.183. The topological polar surface area (TPSA) is 105 Å². The molecule has 0 saturated carbocycles. The van der Waals surface area contributed by atoms with Gasteiger partial charge in [0.15, 0.2) is 0 Å². The van der Waals surface area contributed by atoms with E-state index in [1.54, 1.807) is 4.68 Å². The monoisotopic (exact) mass is 402 g/mol. The minimum Gasteiger partial charge on any atom is -0.322 e. The third-order valence-corrected chi connectivity index (χ3v) is 5.07. The van der Waals surface area contributed by atoms with Gasteiger partial charge in [0.1, 0.15) is 4.60 Å². The van der Waals surface area contributed by atoms with Crippen LogP contribution >= 0.6 is 15.9 Å². The number of carbonyl (C=O) groups excluding carboxylic acids is 1. The molecule has 0 spiro atoms. The third kappa shape index (κ3) is 2.40. The standard InChI is InChI=1S/C15H15BrN8O/c1-7-12(8(2)24-15(23(7)3)20-21-22-24)14(25)17-9-4-5-11-10(6-9)13(16)19-18-11/h4-6,8H,1-3H3,(H,17,25)(H,18,19). The zero-order chi connectivity index (χ0) is 17.7. The lowest BCUT2D eigenvalue weighted by atomic mass is 10.0. The van der Waals surface area contributed by atoms with E-state index in [-0.39, 0.29) is 11.9 Å². The summed E-state index contributed by atoms with van der Waals surface area (Å²) >= 11 is 3.41. The van der Waals surface area contributed by atoms with Gasteiger partial charge in [-0.15, -0.1) is 0 Å². The van der Waals surface area contributed by atoms with Crippen molar-refractivity contribution in [3.63, 3.8) is 0 Å². The van der Waals surface area contributed by atoms with Crippen LogP contribution in [0.25, 0.3) is 10.9 Å². The van der Waals surface area contributed by atoms with E-state index in [1.807, 2.05) is 44.0 Å². The number of allylic oxidation sites excluding steroid dienone is 1. The molecule has 1 aliphatic heterocycles. The van der Waals surface area contributed by atoms with Crippen LogP contribution in [0.3, 0.4) is 0 Å². The highest BCUT2D eigenvalue weighted by molar-refractivity contribution is 9.10. The molecule has 0 aliphatic carbocycles. The van der Waals surface area contributed by atoms with Gasteiger partial charge in [-0.2, -0.15) is 5.10 Å². The Morgan fingerprint density at radius 1 is 1.40 bits per heavy atom. The molecular weight excluding hydrogens is 388 g/mol. The zero-order valence-corrected chi connectivity index (χ0v) is 15.4. The third-order valence-electron chi connectivity index (χ3n) is 4.46. The van der Waals surface area contributed by atoms with Crippen LogP contribution in [0.15, 0.2) is 34.1 Å². The average Bonchev–Trinajstić information content (AvgIpc) is 3.21. The number of aromatic amines is 1. The van der Waals surface area contributed by atoms with Crippen molar-refractivity contribution in [3.05, 3.63) is 34.1 Å². The van der Waals surface area contributed by atoms with Crippen LogP contribution in [0.4, 0.5) is 11.6 Å². The van der Waals surface area contributed by atoms with Crippen molar-refractivity contribution in [1.82, 2.24) is 30.4 Å². The van der Waals surface area contributed by atoms with E-state index in [9.17, 15) is 4.79 Å². The van der Waals surface area contributed by atoms with Crippen molar-refractivity contribution in [2.24, 2.45) is 0 Å². The van der Waals surface area contributed by atoms with E-state index in [2.05, 4.69) is 47.0 Å². The molecule has 4 rings (SSSR count). The predicted molar refractivity (Wildman–Crippen MR) is 96.1 cm³/mol. The van der Waals surface area contributed by atoms with Gasteiger partial charge in [0.2, 0.25) is 5.95 Å². The molecule has 0 saturated heterocycles. The van der Waals surface area contributed by atoms with Gasteiger partial charge in [-0.1, -0.05) is 5.10 Å². The number of hydrogen-bond acceptors (Lipinski definition) is 6. The van der Waals surface area contributed by atoms with Crippen molar-refractivity contribution in [2.75, 3.05) is 17.3 Å². The summed E-state index contributed by atoms with van der Waals surface area (Å²) in [6.45, 7) is 3.79. The Morgan fingerprint density at radius 3 is 3.00 bits per heavy atom. The first-order valence-electron chi connectivity index (χ1n) is 7.64. The van der Waals surface area contributed by atoms with Gasteiger partial charge in [0.05, 0.1) is 17.1 Å². The summed E-state index contributed by atoms with van der Waals surface area (Å²) in [7, 11) is 1.84. The summed E-state index contributed by atoms with van der Waals surface area (Å²) in [6, 6.07) is 5.29. The second kappa shape index (κ2) is 5.66. The Labute approximate surface area is 151 Å². The number of benzene rings is 1. The van der Waals surface area contributed by atoms with Gasteiger partial charge < -0.3 is 10.2 Å². The van der Waals surface area contributed by atoms with Crippen LogP contribution < -0.4 is 10.2 Å². The summed E-state index contributed by atoms with van der Waals surface area (Å²) in [4.78, 5) is 14.7. The first-order chi connectivity index (χ1) is 12.0. The van der Waals surface area contributed by atoms with E-state index < -0.39 is 0 Å². The van der Waals surface area contributed by atoms with E-state index in [0.717, 1.165) is 21.2 Å². The number of nitrogens with zero attached hydrogens (tertiary/aromatic N) is 6. The molecule has 3 heterocycles. The molecule has 1 unspecified atom stereocenters. The fraction of sp³-hybridized carbons (Fsp3) is 0.267. The minimum atomic E-state index is -0.259. The number of fused-ring (bicyclic) bond motifs is 2. The second-order valence-electron chi connectivity index (χ2n) is 5.88. The molecule has 1 aliphatic rings. The molecule has 0 bridgehead atoms. The first-order valence-corrected chi connectivity index (χ1v) is 8.44. The quantitative estimate of drug-likeness (QED) is 0.680. The number of nitrogens with one attached hydrogen (secondary N) is 2. The molecule has 1 amide bonds. The highest BCUT2D eigenvalue weighted by Gasteiger charge is 2.32. The number of rotatable bonds is 2. The Morgan fingerprint density at radius 2 is 2.20 bits per heavy atom. The lowest BCUT2D eigenvalue weighted by molar-refractivity contribution is -0.113. The Balaban J connectivity index is 1.67. The van der Waals surface area contributed by atoms with E-state index >= 15 is 0 Å². The normalized spacial score (nSPS) is 17.1. The molecular formula is C15H15BrN8O. The van der Waals surface area contributed by atoms with Crippen LogP contribution in [0, 0.1) is 0 Å². The number of H-pyrrole nitrogens is 1. The van der Waals surface area contributed by atoms with Crippen molar-refractivity contribution < 1.29 is 4.79 Å². The highest BCUT2D eigenvalue weighted by Crippen LogP contribution is 2.32. The summed E-state index contributed by atoms with van der Waals surface area (Å²) in [5.41, 5.74) is 2.95. The smallest absolute Gasteiger partial charge is 0.255 e. The maximum Gasteiger partial charge on any atom is 0.255 e. The van der Waals surface area contributed by atoms with Gasteiger partial charge in [-0.3, -0.25) is 9.89 Å². The number of halogens is 1. The van der Waals surface area contributed by atoms with Crippen LogP contribution in [-0.2, 0) is 4.79 Å². The molecule has 2 aromatic heterocycles. The van der Waals surface area contributed by atoms with Gasteiger partial charge in [0.25, 0.3) is 5.91 Å². The molecule has 10 heteroatoms. The fourth-order valence-corrected chi connectivity index (χ4v) is 3.43. The Kier molecular flexibility index (Phi) is 3.57. The maximum atomic E-state index is 12.9. The van der Waals surface area contributed by atoms with E-state index in [4.69, 9.17) is 0 Å². The maximum absolute atomic E-state index is 12.9. The number of carbonyl (C=O) groups is 1. The number of amides is 1. The lowest BCUT2D eigenvalue weighted by Crippen LogP contribution is -2.34. The molecule has 1 aromatic carbocycles. The van der Waals surface area contributed by atoms with E-state index in [0.29, 0.717) is 17.2 Å². The molecule has 0 fully saturated rings. The van der Waals surface area contributed by atoms with Gasteiger partial charge in [0, 0.05) is 23.8 Å². The molecule has 9 nitrogen and oxygen atoms in total. The number of anilines is 2. The Bertz CT molecular complexity index is 1020. The van der Waals surface area contributed by atoms with Crippen molar-refractivity contribution in [2.45, 2.75) is 19.9 Å². The number of hydrogen-bond donors (Lipinski definition) is 2. The van der Waals surface area contributed by atoms with Crippen LogP contribution in [-0.4, -0.2) is 43.4 Å². The number of tetrazole rings is 1.